The smallest absolute Gasteiger partial charge is 0.242 e. The van der Waals surface area contributed by atoms with E-state index in [2.05, 4.69) is 4.98 Å². The van der Waals surface area contributed by atoms with E-state index < -0.39 is 23.8 Å². The lowest BCUT2D eigenvalue weighted by Gasteiger charge is -2.35. The molecule has 11 heteroatoms. The van der Waals surface area contributed by atoms with Gasteiger partial charge in [0.2, 0.25) is 17.8 Å². The molecule has 0 unspecified atom stereocenters. The number of piperidine rings is 2. The highest BCUT2D eigenvalue weighted by molar-refractivity contribution is 5.84. The van der Waals surface area contributed by atoms with Gasteiger partial charge in [-0.25, -0.2) is 18.2 Å². The molecule has 3 heterocycles. The number of nitrogens with zero attached hydrogens (tertiary/aromatic N) is 5. The van der Waals surface area contributed by atoms with E-state index in [1.807, 2.05) is 13.8 Å². The number of carbonyl (C=O) groups excluding carboxylic acids is 2. The number of imidazole rings is 1. The van der Waals surface area contributed by atoms with Gasteiger partial charge in [0.25, 0.3) is 0 Å². The molecule has 2 fully saturated rings. The molecule has 0 aliphatic carbocycles. The summed E-state index contributed by atoms with van der Waals surface area (Å²) in [5.41, 5.74) is 6.41. The van der Waals surface area contributed by atoms with E-state index in [1.54, 1.807) is 26.3 Å². The number of likely N-dealkylation sites (tertiary alicyclic amines) is 1. The second-order valence-electron chi connectivity index (χ2n) is 9.87. The summed E-state index contributed by atoms with van der Waals surface area (Å²) < 4.78 is 43.5. The van der Waals surface area contributed by atoms with Crippen molar-refractivity contribution in [3.63, 3.8) is 0 Å². The molecule has 1 aromatic carbocycles. The third-order valence-corrected chi connectivity index (χ3v) is 7.24. The van der Waals surface area contributed by atoms with E-state index in [4.69, 9.17) is 5.73 Å². The first-order valence-electron chi connectivity index (χ1n) is 12.1. The molecule has 2 aliphatic rings. The molecule has 2 N–H and O–H groups in total. The fraction of sp³-hybridized carbons (Fsp3) is 0.625. The molecule has 35 heavy (non-hydrogen) atoms. The maximum atomic E-state index is 14.1. The number of benzene rings is 1. The first-order valence-corrected chi connectivity index (χ1v) is 12.1. The molecule has 1 aromatic heterocycles. The zero-order chi connectivity index (χ0) is 25.4. The Balaban J connectivity index is 1.54. The number of hydrogen-bond acceptors (Lipinski definition) is 5. The summed E-state index contributed by atoms with van der Waals surface area (Å²) in [5, 5.41) is 0. The van der Waals surface area contributed by atoms with Crippen molar-refractivity contribution in [2.75, 3.05) is 38.1 Å². The number of carbonyl (C=O) groups is 2. The number of amides is 2. The highest BCUT2D eigenvalue weighted by Gasteiger charge is 2.32. The number of anilines is 1. The van der Waals surface area contributed by atoms with Crippen LogP contribution in [0, 0.1) is 17.6 Å². The number of fused-ring (bicyclic) bond motifs is 1. The van der Waals surface area contributed by atoms with Crippen molar-refractivity contribution >= 4 is 28.8 Å². The van der Waals surface area contributed by atoms with Crippen LogP contribution in [0.15, 0.2) is 12.1 Å². The molecule has 8 nitrogen and oxygen atoms in total. The monoisotopic (exact) mass is 494 g/mol. The summed E-state index contributed by atoms with van der Waals surface area (Å²) in [6, 6.07) is 1.42. The Bertz CT molecular complexity index is 1100. The highest BCUT2D eigenvalue weighted by atomic mass is 19.2. The molecule has 0 spiro atoms. The number of aromatic nitrogens is 2. The fourth-order valence-corrected chi connectivity index (χ4v) is 4.79. The summed E-state index contributed by atoms with van der Waals surface area (Å²) in [7, 11) is 1.79. The predicted octanol–water partition coefficient (Wildman–Crippen LogP) is 2.30. The van der Waals surface area contributed by atoms with Gasteiger partial charge in [0.1, 0.15) is 12.7 Å². The van der Waals surface area contributed by atoms with E-state index in [0.29, 0.717) is 38.4 Å². The van der Waals surface area contributed by atoms with Crippen molar-refractivity contribution in [3.05, 3.63) is 23.8 Å². The van der Waals surface area contributed by atoms with Crippen molar-refractivity contribution < 1.29 is 22.8 Å². The molecule has 2 aliphatic heterocycles. The largest absolute Gasteiger partial charge is 0.343 e. The normalized spacial score (nSPS) is 21.7. The zero-order valence-corrected chi connectivity index (χ0v) is 20.4. The second kappa shape index (κ2) is 10.0. The number of hydrogen-bond donors (Lipinski definition) is 1. The van der Waals surface area contributed by atoms with Crippen molar-refractivity contribution in [1.29, 1.82) is 0 Å². The lowest BCUT2D eigenvalue weighted by atomic mass is 9.95. The Morgan fingerprint density at radius 1 is 1.14 bits per heavy atom. The maximum absolute atomic E-state index is 14.1. The van der Waals surface area contributed by atoms with E-state index in [9.17, 15) is 22.8 Å². The van der Waals surface area contributed by atoms with Crippen LogP contribution in [0.2, 0.25) is 0 Å². The highest BCUT2D eigenvalue weighted by Crippen LogP contribution is 2.28. The third-order valence-electron chi connectivity index (χ3n) is 7.24. The van der Waals surface area contributed by atoms with Crippen LogP contribution in [-0.4, -0.2) is 82.6 Å². The first-order chi connectivity index (χ1) is 16.6. The van der Waals surface area contributed by atoms with Gasteiger partial charge in [0.15, 0.2) is 11.6 Å². The van der Waals surface area contributed by atoms with Gasteiger partial charge in [0, 0.05) is 57.3 Å². The van der Waals surface area contributed by atoms with E-state index >= 15 is 0 Å². The second-order valence-corrected chi connectivity index (χ2v) is 9.87. The molecule has 192 valence electrons. The summed E-state index contributed by atoms with van der Waals surface area (Å²) in [5.74, 6) is -1.98. The van der Waals surface area contributed by atoms with Gasteiger partial charge in [-0.2, -0.15) is 0 Å². The van der Waals surface area contributed by atoms with Crippen LogP contribution in [0.25, 0.3) is 11.0 Å². The van der Waals surface area contributed by atoms with Crippen LogP contribution in [0.4, 0.5) is 19.1 Å². The molecule has 2 aromatic rings. The van der Waals surface area contributed by atoms with E-state index in [1.165, 1.54) is 0 Å². The number of rotatable bonds is 5. The molecular weight excluding hydrogens is 461 g/mol. The van der Waals surface area contributed by atoms with Crippen LogP contribution in [0.5, 0.6) is 0 Å². The summed E-state index contributed by atoms with van der Waals surface area (Å²) in [6.07, 6.45) is 0.197. The topological polar surface area (TPSA) is 87.7 Å². The molecule has 2 saturated heterocycles. The van der Waals surface area contributed by atoms with Crippen molar-refractivity contribution in [1.82, 2.24) is 19.4 Å². The van der Waals surface area contributed by atoms with Gasteiger partial charge < -0.3 is 25.0 Å². The number of alkyl halides is 1. The Kier molecular flexibility index (Phi) is 7.25. The quantitative estimate of drug-likeness (QED) is 0.689. The van der Waals surface area contributed by atoms with Crippen molar-refractivity contribution in [2.45, 2.75) is 57.9 Å². The minimum absolute atomic E-state index is 0.0834. The molecule has 2 atom stereocenters. The first kappa shape index (κ1) is 25.3. The van der Waals surface area contributed by atoms with Gasteiger partial charge in [-0.3, -0.25) is 9.59 Å². The molecule has 2 amide bonds. The zero-order valence-electron chi connectivity index (χ0n) is 20.4. The Hall–Kier alpha value is -2.82. The molecule has 0 radical (unpaired) electrons. The standard InChI is InChI=1S/C24H33F3N6O2/c1-14(2)30(3)23(35)15-4-7-31(8-5-15)22(34)13-33-21-11-18(27)17(26)10-20(21)29-24(33)32-9-6-16(25)19(28)12-32/h10-11,14-16,19H,4-9,12-13,28H2,1-3H3/t16-,19-/m1/s1. The third kappa shape index (κ3) is 5.10. The molecule has 4 rings (SSSR count). The van der Waals surface area contributed by atoms with Crippen LogP contribution >= 0.6 is 0 Å². The number of nitrogens with two attached hydrogens (primary N) is 1. The SMILES string of the molecule is CC(C)N(C)C(=O)C1CCN(C(=O)Cn2c(N3CC[C@@H](F)[C@H](N)C3)nc3cc(F)c(F)cc32)CC1. The van der Waals surface area contributed by atoms with Gasteiger partial charge in [-0.15, -0.1) is 0 Å². The average molecular weight is 495 g/mol. The Morgan fingerprint density at radius 3 is 2.43 bits per heavy atom. The van der Waals surface area contributed by atoms with Crippen LogP contribution in [0.3, 0.4) is 0 Å². The fourth-order valence-electron chi connectivity index (χ4n) is 4.79. The summed E-state index contributed by atoms with van der Waals surface area (Å²) in [6.45, 7) is 5.16. The average Bonchev–Trinajstić information content (AvgIpc) is 3.17. The van der Waals surface area contributed by atoms with Gasteiger partial charge in [0.05, 0.1) is 17.1 Å². The molecule has 0 saturated carbocycles. The lowest BCUT2D eigenvalue weighted by molar-refractivity contribution is -0.141. The lowest BCUT2D eigenvalue weighted by Crippen LogP contribution is -2.50. The Labute approximate surface area is 202 Å². The van der Waals surface area contributed by atoms with Gasteiger partial charge in [-0.1, -0.05) is 0 Å². The maximum Gasteiger partial charge on any atom is 0.242 e. The van der Waals surface area contributed by atoms with Crippen LogP contribution < -0.4 is 10.6 Å². The van der Waals surface area contributed by atoms with Crippen molar-refractivity contribution in [2.24, 2.45) is 11.7 Å². The van der Waals surface area contributed by atoms with E-state index in [0.717, 1.165) is 12.1 Å². The molecular formula is C24H33F3N6O2. The summed E-state index contributed by atoms with van der Waals surface area (Å²) >= 11 is 0. The Morgan fingerprint density at radius 2 is 1.80 bits per heavy atom. The van der Waals surface area contributed by atoms with E-state index in [-0.39, 0.29) is 54.3 Å². The van der Waals surface area contributed by atoms with Crippen molar-refractivity contribution in [3.8, 4) is 0 Å². The van der Waals surface area contributed by atoms with Gasteiger partial charge in [-0.05, 0) is 33.1 Å². The predicted molar refractivity (Wildman–Crippen MR) is 127 cm³/mol. The van der Waals surface area contributed by atoms with Crippen LogP contribution in [0.1, 0.15) is 33.1 Å². The van der Waals surface area contributed by atoms with Crippen LogP contribution in [-0.2, 0) is 16.1 Å². The summed E-state index contributed by atoms with van der Waals surface area (Å²) in [4.78, 5) is 35.5. The minimum atomic E-state index is -1.14. The van der Waals surface area contributed by atoms with Gasteiger partial charge >= 0.3 is 0 Å². The molecule has 0 bridgehead atoms. The number of halogens is 3. The minimum Gasteiger partial charge on any atom is -0.343 e.